The predicted molar refractivity (Wildman–Crippen MR) is 101 cm³/mol. The Kier molecular flexibility index (Phi) is 4.23. The molecule has 146 valence electrons. The highest BCUT2D eigenvalue weighted by molar-refractivity contribution is 5.89. The zero-order valence-corrected chi connectivity index (χ0v) is 15.7. The minimum atomic E-state index is -0.635. The van der Waals surface area contributed by atoms with Gasteiger partial charge in [0.05, 0.1) is 0 Å². The maximum Gasteiger partial charge on any atom is 0.207 e. The molecule has 0 N–H and O–H groups in total. The van der Waals surface area contributed by atoms with Crippen LogP contribution in [-0.2, 0) is 11.8 Å². The number of ether oxygens (including phenoxy) is 1. The second-order valence-corrected chi connectivity index (χ2v) is 7.42. The Balaban J connectivity index is 1.73. The normalized spacial score (nSPS) is 17.9. The fraction of sp³-hybridized carbons (Fsp3) is 0.450. The number of aromatic nitrogens is 4. The molecule has 6 nitrogen and oxygen atoms in total. The first-order valence-corrected chi connectivity index (χ1v) is 9.64. The van der Waals surface area contributed by atoms with Crippen LogP contribution in [0.4, 0.5) is 14.7 Å². The lowest BCUT2D eigenvalue weighted by Crippen LogP contribution is -2.38. The Labute approximate surface area is 161 Å². The Morgan fingerprint density at radius 3 is 2.54 bits per heavy atom. The van der Waals surface area contributed by atoms with Gasteiger partial charge in [-0.3, -0.25) is 0 Å². The number of hydrogen-bond acceptors (Lipinski definition) is 5. The summed E-state index contributed by atoms with van der Waals surface area (Å²) < 4.78 is 35.5. The molecule has 8 heteroatoms. The number of halogens is 2. The average Bonchev–Trinajstić information content (AvgIpc) is 2.97. The smallest absolute Gasteiger partial charge is 0.207 e. The van der Waals surface area contributed by atoms with Crippen LogP contribution in [0.25, 0.3) is 22.4 Å². The summed E-state index contributed by atoms with van der Waals surface area (Å²) in [5.74, 6) is 0.369. The Morgan fingerprint density at radius 2 is 1.86 bits per heavy atom. The fourth-order valence-electron chi connectivity index (χ4n) is 3.92. The third kappa shape index (κ3) is 2.83. The number of aryl methyl sites for hydroxylation is 1. The summed E-state index contributed by atoms with van der Waals surface area (Å²) in [6.07, 6.45) is 2.77. The third-order valence-corrected chi connectivity index (χ3v) is 5.64. The van der Waals surface area contributed by atoms with Gasteiger partial charge in [0.2, 0.25) is 5.95 Å². The van der Waals surface area contributed by atoms with Crippen molar-refractivity contribution in [1.29, 1.82) is 0 Å². The van der Waals surface area contributed by atoms with Gasteiger partial charge >= 0.3 is 0 Å². The summed E-state index contributed by atoms with van der Waals surface area (Å²) in [6, 6.07) is 3.59. The van der Waals surface area contributed by atoms with Gasteiger partial charge < -0.3 is 14.2 Å². The van der Waals surface area contributed by atoms with Crippen LogP contribution in [0.1, 0.15) is 31.0 Å². The van der Waals surface area contributed by atoms with E-state index in [2.05, 4.69) is 4.90 Å². The molecule has 5 rings (SSSR count). The van der Waals surface area contributed by atoms with Crippen LogP contribution < -0.4 is 4.90 Å². The van der Waals surface area contributed by atoms with Crippen molar-refractivity contribution in [2.24, 2.45) is 7.05 Å². The predicted octanol–water partition coefficient (Wildman–Crippen LogP) is 3.41. The van der Waals surface area contributed by atoms with Crippen molar-refractivity contribution in [3.05, 3.63) is 35.7 Å². The molecule has 2 aliphatic rings. The quantitative estimate of drug-likeness (QED) is 0.692. The van der Waals surface area contributed by atoms with Crippen LogP contribution in [-0.4, -0.2) is 45.8 Å². The lowest BCUT2D eigenvalue weighted by atomic mass is 9.99. The van der Waals surface area contributed by atoms with Gasteiger partial charge in [-0.25, -0.2) is 18.7 Å². The highest BCUT2D eigenvalue weighted by Crippen LogP contribution is 2.34. The number of fused-ring (bicyclic) bond motifs is 1. The van der Waals surface area contributed by atoms with Crippen LogP contribution in [0, 0.1) is 11.6 Å². The van der Waals surface area contributed by atoms with Gasteiger partial charge in [0, 0.05) is 50.9 Å². The first kappa shape index (κ1) is 17.5. The first-order valence-electron chi connectivity index (χ1n) is 9.64. The minimum Gasteiger partial charge on any atom is -0.381 e. The van der Waals surface area contributed by atoms with Crippen molar-refractivity contribution in [3.8, 4) is 11.3 Å². The summed E-state index contributed by atoms with van der Waals surface area (Å²) in [7, 11) is 1.89. The summed E-state index contributed by atoms with van der Waals surface area (Å²) in [5.41, 5.74) is 1.95. The average molecular weight is 385 g/mol. The van der Waals surface area contributed by atoms with Crippen molar-refractivity contribution in [3.63, 3.8) is 0 Å². The molecule has 0 bridgehead atoms. The van der Waals surface area contributed by atoms with Gasteiger partial charge in [0.25, 0.3) is 0 Å². The molecule has 0 atom stereocenters. The molecular formula is C20H21F2N5O. The number of nitrogens with zero attached hydrogens (tertiary/aromatic N) is 5. The Morgan fingerprint density at radius 1 is 1.07 bits per heavy atom. The summed E-state index contributed by atoms with van der Waals surface area (Å²) in [6.45, 7) is 3.20. The van der Waals surface area contributed by atoms with E-state index in [-0.39, 0.29) is 11.5 Å². The second-order valence-electron chi connectivity index (χ2n) is 7.42. The van der Waals surface area contributed by atoms with Gasteiger partial charge in [-0.15, -0.1) is 0 Å². The van der Waals surface area contributed by atoms with Crippen LogP contribution in [0.5, 0.6) is 0 Å². The van der Waals surface area contributed by atoms with Crippen LogP contribution in [0.15, 0.2) is 18.2 Å². The second kappa shape index (κ2) is 6.77. The molecule has 1 aromatic carbocycles. The molecule has 4 heterocycles. The SMILES string of the molecule is Cn1c(N2CCC2)nc2nc(C3CCOCC3)nc(-c3ccc(F)cc3F)c21. The van der Waals surface area contributed by atoms with E-state index in [0.717, 1.165) is 44.4 Å². The van der Waals surface area contributed by atoms with Crippen molar-refractivity contribution in [2.75, 3.05) is 31.2 Å². The van der Waals surface area contributed by atoms with Crippen LogP contribution in [0.3, 0.4) is 0 Å². The summed E-state index contributed by atoms with van der Waals surface area (Å²) in [5, 5.41) is 0. The minimum absolute atomic E-state index is 0.148. The number of rotatable bonds is 3. The number of benzene rings is 1. The van der Waals surface area contributed by atoms with Crippen molar-refractivity contribution < 1.29 is 13.5 Å². The molecule has 2 aromatic heterocycles. The molecule has 3 aromatic rings. The Bertz CT molecular complexity index is 1040. The van der Waals surface area contributed by atoms with Crippen molar-refractivity contribution in [2.45, 2.75) is 25.2 Å². The summed E-state index contributed by atoms with van der Waals surface area (Å²) >= 11 is 0. The molecule has 0 aliphatic carbocycles. The van der Waals surface area contributed by atoms with E-state index >= 15 is 0 Å². The molecule has 0 radical (unpaired) electrons. The van der Waals surface area contributed by atoms with Gasteiger partial charge in [-0.1, -0.05) is 0 Å². The molecule has 0 saturated carbocycles. The fourth-order valence-corrected chi connectivity index (χ4v) is 3.92. The molecule has 0 unspecified atom stereocenters. The van der Waals surface area contributed by atoms with E-state index in [1.54, 1.807) is 0 Å². The van der Waals surface area contributed by atoms with E-state index in [0.29, 0.717) is 35.9 Å². The van der Waals surface area contributed by atoms with Crippen molar-refractivity contribution in [1.82, 2.24) is 19.5 Å². The monoisotopic (exact) mass is 385 g/mol. The lowest BCUT2D eigenvalue weighted by molar-refractivity contribution is 0.0836. The summed E-state index contributed by atoms with van der Waals surface area (Å²) in [4.78, 5) is 16.4. The molecule has 28 heavy (non-hydrogen) atoms. The van der Waals surface area contributed by atoms with Gasteiger partial charge in [0.1, 0.15) is 28.7 Å². The molecular weight excluding hydrogens is 364 g/mol. The highest BCUT2D eigenvalue weighted by Gasteiger charge is 2.27. The molecule has 2 fully saturated rings. The largest absolute Gasteiger partial charge is 0.381 e. The van der Waals surface area contributed by atoms with E-state index in [1.807, 2.05) is 11.6 Å². The lowest BCUT2D eigenvalue weighted by Gasteiger charge is -2.31. The Hall–Kier alpha value is -2.61. The molecule has 0 spiro atoms. The van der Waals surface area contributed by atoms with E-state index < -0.39 is 11.6 Å². The first-order chi connectivity index (χ1) is 13.6. The molecule has 2 aliphatic heterocycles. The van der Waals surface area contributed by atoms with Gasteiger partial charge in [-0.05, 0) is 31.4 Å². The topological polar surface area (TPSA) is 56.1 Å². The van der Waals surface area contributed by atoms with E-state index in [4.69, 9.17) is 19.7 Å². The number of anilines is 1. The third-order valence-electron chi connectivity index (χ3n) is 5.64. The zero-order chi connectivity index (χ0) is 19.3. The zero-order valence-electron chi connectivity index (χ0n) is 15.7. The number of imidazole rings is 1. The van der Waals surface area contributed by atoms with Crippen LogP contribution in [0.2, 0.25) is 0 Å². The maximum atomic E-state index is 14.7. The molecule has 0 amide bonds. The highest BCUT2D eigenvalue weighted by atomic mass is 19.1. The maximum absolute atomic E-state index is 14.7. The van der Waals surface area contributed by atoms with E-state index in [9.17, 15) is 8.78 Å². The van der Waals surface area contributed by atoms with Gasteiger partial charge in [-0.2, -0.15) is 4.98 Å². The van der Waals surface area contributed by atoms with Gasteiger partial charge in [0.15, 0.2) is 5.65 Å². The van der Waals surface area contributed by atoms with Crippen molar-refractivity contribution >= 4 is 17.1 Å². The van der Waals surface area contributed by atoms with Crippen LogP contribution >= 0.6 is 0 Å². The van der Waals surface area contributed by atoms with E-state index in [1.165, 1.54) is 12.1 Å². The molecule has 2 saturated heterocycles. The number of hydrogen-bond donors (Lipinski definition) is 0. The standard InChI is InChI=1S/C20H21F2N5O/c1-26-17-16(14-4-3-13(21)11-15(14)22)23-18(12-5-9-28-10-6-12)24-19(17)25-20(26)27-7-2-8-27/h3-4,11-12H,2,5-10H2,1H3.